The Bertz CT molecular complexity index is 1150. The van der Waals surface area contributed by atoms with Gasteiger partial charge in [0.25, 0.3) is 0 Å². The molecule has 1 aliphatic heterocycles. The van der Waals surface area contributed by atoms with Crippen LogP contribution >= 0.6 is 0 Å². The van der Waals surface area contributed by atoms with Gasteiger partial charge in [-0.3, -0.25) is 15.0 Å². The highest BCUT2D eigenvalue weighted by Gasteiger charge is 2.22. The number of rotatable bonds is 9. The highest BCUT2D eigenvalue weighted by molar-refractivity contribution is 6.13. The lowest BCUT2D eigenvalue weighted by molar-refractivity contribution is 0.343. The summed E-state index contributed by atoms with van der Waals surface area (Å²) in [4.78, 5) is 14.0. The van der Waals surface area contributed by atoms with Gasteiger partial charge in [0.2, 0.25) is 0 Å². The fraction of sp³-hybridized carbons (Fsp3) is 0.192. The fourth-order valence-electron chi connectivity index (χ4n) is 3.64. The summed E-state index contributed by atoms with van der Waals surface area (Å²) in [6.45, 7) is 11.6. The third kappa shape index (κ3) is 5.88. The molecule has 2 heterocycles. The standard InChI is InChI=1S/C26H27F2N5/c1-5-25(20-7-6-8-22(27)14-20)33-12-10-21(13-19(33)3)26(23(28)16-29-4)32-17-31-24-9-11-30-15-18(24)2/h6-16,25H,3-5,17H2,1-2H3,(H,30,31)/b23-16+,32-26-. The number of allylic oxidation sites excluding steroid dienone is 4. The van der Waals surface area contributed by atoms with Crippen molar-refractivity contribution in [1.82, 2.24) is 9.88 Å². The van der Waals surface area contributed by atoms with Gasteiger partial charge < -0.3 is 10.2 Å². The molecule has 1 aromatic carbocycles. The van der Waals surface area contributed by atoms with E-state index >= 15 is 0 Å². The van der Waals surface area contributed by atoms with Crippen molar-refractivity contribution < 1.29 is 8.78 Å². The Morgan fingerprint density at radius 2 is 2.15 bits per heavy atom. The number of benzene rings is 1. The van der Waals surface area contributed by atoms with Crippen LogP contribution in [0.3, 0.4) is 0 Å². The summed E-state index contributed by atoms with van der Waals surface area (Å²) in [5.74, 6) is -0.892. The molecule has 0 saturated carbocycles. The molecule has 0 aliphatic carbocycles. The van der Waals surface area contributed by atoms with Gasteiger partial charge in [-0.2, -0.15) is 0 Å². The lowest BCUT2D eigenvalue weighted by Gasteiger charge is -2.33. The van der Waals surface area contributed by atoms with E-state index < -0.39 is 5.83 Å². The molecule has 3 rings (SSSR count). The maximum Gasteiger partial charge on any atom is 0.167 e. The average Bonchev–Trinajstić information content (AvgIpc) is 2.79. The molecule has 0 bridgehead atoms. The number of pyridine rings is 1. The van der Waals surface area contributed by atoms with Gasteiger partial charge in [0.05, 0.1) is 12.2 Å². The summed E-state index contributed by atoms with van der Waals surface area (Å²) in [6, 6.07) is 8.24. The third-order valence-electron chi connectivity index (χ3n) is 5.26. The molecule has 5 nitrogen and oxygen atoms in total. The number of halogens is 2. The maximum absolute atomic E-state index is 14.8. The Hall–Kier alpha value is -3.87. The van der Waals surface area contributed by atoms with Crippen LogP contribution in [-0.2, 0) is 0 Å². The zero-order valence-electron chi connectivity index (χ0n) is 18.8. The van der Waals surface area contributed by atoms with Crippen molar-refractivity contribution in [2.45, 2.75) is 26.3 Å². The van der Waals surface area contributed by atoms with Crippen LogP contribution < -0.4 is 5.32 Å². The van der Waals surface area contributed by atoms with Crippen molar-refractivity contribution in [3.8, 4) is 0 Å². The SMILES string of the molecule is C=N/C=C(F)\C(=N/CNc1ccncc1C)C1=CC(=C)N(C(CC)c2cccc(F)c2)C=C1. The minimum Gasteiger partial charge on any atom is -0.366 e. The highest BCUT2D eigenvalue weighted by Crippen LogP contribution is 2.32. The number of hydrogen-bond acceptors (Lipinski definition) is 5. The number of anilines is 1. The molecule has 0 amide bonds. The number of aromatic nitrogens is 1. The molecule has 1 aromatic heterocycles. The molecule has 33 heavy (non-hydrogen) atoms. The minimum absolute atomic E-state index is 0.103. The van der Waals surface area contributed by atoms with Crippen LogP contribution in [-0.4, -0.2) is 29.0 Å². The second kappa shape index (κ2) is 11.1. The second-order valence-electron chi connectivity index (χ2n) is 7.48. The van der Waals surface area contributed by atoms with Gasteiger partial charge in [-0.1, -0.05) is 25.6 Å². The average molecular weight is 448 g/mol. The van der Waals surface area contributed by atoms with E-state index in [1.165, 1.54) is 12.1 Å². The lowest BCUT2D eigenvalue weighted by Crippen LogP contribution is -2.24. The van der Waals surface area contributed by atoms with Gasteiger partial charge in [0.1, 0.15) is 18.2 Å². The molecule has 0 fully saturated rings. The smallest absolute Gasteiger partial charge is 0.167 e. The van der Waals surface area contributed by atoms with Gasteiger partial charge >= 0.3 is 0 Å². The summed E-state index contributed by atoms with van der Waals surface area (Å²) in [5.41, 5.74) is 4.00. The molecule has 1 aliphatic rings. The largest absolute Gasteiger partial charge is 0.366 e. The molecular weight excluding hydrogens is 420 g/mol. The maximum atomic E-state index is 14.8. The predicted molar refractivity (Wildman–Crippen MR) is 131 cm³/mol. The van der Waals surface area contributed by atoms with Gasteiger partial charge in [-0.25, -0.2) is 8.78 Å². The highest BCUT2D eigenvalue weighted by atomic mass is 19.1. The first kappa shape index (κ1) is 23.8. The Kier molecular flexibility index (Phi) is 8.02. The second-order valence-corrected chi connectivity index (χ2v) is 7.48. The third-order valence-corrected chi connectivity index (χ3v) is 5.26. The van der Waals surface area contributed by atoms with Gasteiger partial charge in [0, 0.05) is 35.6 Å². The fourth-order valence-corrected chi connectivity index (χ4v) is 3.64. The first-order valence-corrected chi connectivity index (χ1v) is 10.6. The van der Waals surface area contributed by atoms with E-state index in [0.29, 0.717) is 11.3 Å². The summed E-state index contributed by atoms with van der Waals surface area (Å²) in [6.07, 6.45) is 10.5. The van der Waals surface area contributed by atoms with Crippen LogP contribution in [0.1, 0.15) is 30.5 Å². The Labute approximate surface area is 193 Å². The van der Waals surface area contributed by atoms with E-state index in [9.17, 15) is 8.78 Å². The minimum atomic E-state index is -0.604. The monoisotopic (exact) mass is 447 g/mol. The summed E-state index contributed by atoms with van der Waals surface area (Å²) >= 11 is 0. The molecule has 7 heteroatoms. The first-order valence-electron chi connectivity index (χ1n) is 10.6. The molecular formula is C26H27F2N5. The summed E-state index contributed by atoms with van der Waals surface area (Å²) < 4.78 is 28.6. The molecule has 1 unspecified atom stereocenters. The van der Waals surface area contributed by atoms with Crippen molar-refractivity contribution >= 4 is 18.1 Å². The molecule has 0 spiro atoms. The predicted octanol–water partition coefficient (Wildman–Crippen LogP) is 6.27. The molecule has 1 atom stereocenters. The lowest BCUT2D eigenvalue weighted by atomic mass is 9.99. The van der Waals surface area contributed by atoms with Gasteiger partial charge in [-0.15, -0.1) is 0 Å². The number of aliphatic imine (C=N–C) groups is 2. The van der Waals surface area contributed by atoms with E-state index in [0.717, 1.165) is 29.4 Å². The van der Waals surface area contributed by atoms with E-state index in [-0.39, 0.29) is 24.2 Å². The first-order chi connectivity index (χ1) is 15.9. The summed E-state index contributed by atoms with van der Waals surface area (Å²) in [7, 11) is 0. The zero-order chi connectivity index (χ0) is 23.8. The van der Waals surface area contributed by atoms with Crippen molar-refractivity contribution in [2.24, 2.45) is 9.98 Å². The molecule has 0 saturated heterocycles. The van der Waals surface area contributed by atoms with Crippen LogP contribution in [0.4, 0.5) is 14.5 Å². The Balaban J connectivity index is 1.84. The number of hydrogen-bond donors (Lipinski definition) is 1. The Morgan fingerprint density at radius 1 is 1.33 bits per heavy atom. The van der Waals surface area contributed by atoms with Crippen molar-refractivity contribution in [3.05, 3.63) is 108 Å². The van der Waals surface area contributed by atoms with Gasteiger partial charge in [-0.05, 0) is 61.5 Å². The van der Waals surface area contributed by atoms with E-state index in [1.807, 2.05) is 37.1 Å². The van der Waals surface area contributed by atoms with Crippen LogP contribution in [0.25, 0.3) is 0 Å². The number of nitrogens with one attached hydrogen (secondary N) is 1. The van der Waals surface area contributed by atoms with Gasteiger partial charge in [0.15, 0.2) is 5.83 Å². The summed E-state index contributed by atoms with van der Waals surface area (Å²) in [5, 5.41) is 3.17. The molecule has 2 aromatic rings. The van der Waals surface area contributed by atoms with Crippen LogP contribution in [0.5, 0.6) is 0 Å². The van der Waals surface area contributed by atoms with Crippen LogP contribution in [0, 0.1) is 12.7 Å². The number of aryl methyl sites for hydroxylation is 1. The van der Waals surface area contributed by atoms with E-state index in [1.54, 1.807) is 30.6 Å². The topological polar surface area (TPSA) is 52.9 Å². The zero-order valence-corrected chi connectivity index (χ0v) is 18.8. The van der Waals surface area contributed by atoms with E-state index in [2.05, 4.69) is 33.6 Å². The van der Waals surface area contributed by atoms with Crippen molar-refractivity contribution in [1.29, 1.82) is 0 Å². The molecule has 0 radical (unpaired) electrons. The van der Waals surface area contributed by atoms with Crippen LogP contribution in [0.15, 0.2) is 101 Å². The number of nitrogens with zero attached hydrogens (tertiary/aromatic N) is 4. The van der Waals surface area contributed by atoms with Crippen LogP contribution in [0.2, 0.25) is 0 Å². The van der Waals surface area contributed by atoms with Crippen molar-refractivity contribution in [3.63, 3.8) is 0 Å². The molecule has 1 N–H and O–H groups in total. The van der Waals surface area contributed by atoms with E-state index in [4.69, 9.17) is 0 Å². The quantitative estimate of drug-likeness (QED) is 0.461. The van der Waals surface area contributed by atoms with Crippen molar-refractivity contribution in [2.75, 3.05) is 12.0 Å². The Morgan fingerprint density at radius 3 is 2.82 bits per heavy atom. The molecule has 170 valence electrons. The normalized spacial score (nSPS) is 15.3.